The normalized spacial score (nSPS) is 13.6. The topological polar surface area (TPSA) is 98.7 Å². The highest BCUT2D eigenvalue weighted by atomic mass is 35.5. The largest absolute Gasteiger partial charge is 0.506 e. The van der Waals surface area contributed by atoms with Gasteiger partial charge in [0.15, 0.2) is 0 Å². The van der Waals surface area contributed by atoms with Crippen molar-refractivity contribution >= 4 is 46.4 Å². The number of halogens is 1. The Morgan fingerprint density at radius 1 is 0.912 bits per heavy atom. The smallest absolute Gasteiger partial charge is 0.283 e. The highest BCUT2D eigenvalue weighted by molar-refractivity contribution is 6.53. The lowest BCUT2D eigenvalue weighted by Gasteiger charge is -2.16. The SMILES string of the molecule is CC(C)c1ccc(N2C(=O)C(Cl)=C(Nc3ccc(C(=O)Nc4ccccc4O)cc3)C2=O)cc1. The van der Waals surface area contributed by atoms with E-state index >= 15 is 0 Å². The van der Waals surface area contributed by atoms with E-state index in [4.69, 9.17) is 11.6 Å². The summed E-state index contributed by atoms with van der Waals surface area (Å²) in [5, 5.41) is 15.1. The van der Waals surface area contributed by atoms with Crippen molar-refractivity contribution in [2.24, 2.45) is 0 Å². The first-order valence-corrected chi connectivity index (χ1v) is 11.0. The van der Waals surface area contributed by atoms with Gasteiger partial charge >= 0.3 is 0 Å². The van der Waals surface area contributed by atoms with Gasteiger partial charge in [-0.3, -0.25) is 14.4 Å². The minimum atomic E-state index is -0.606. The zero-order valence-electron chi connectivity index (χ0n) is 18.5. The molecule has 1 aliphatic heterocycles. The van der Waals surface area contributed by atoms with Crippen LogP contribution in [0.1, 0.15) is 35.7 Å². The van der Waals surface area contributed by atoms with E-state index in [0.717, 1.165) is 10.5 Å². The number of nitrogens with zero attached hydrogens (tertiary/aromatic N) is 1. The van der Waals surface area contributed by atoms with E-state index in [1.165, 1.54) is 6.07 Å². The van der Waals surface area contributed by atoms with Crippen LogP contribution in [-0.4, -0.2) is 22.8 Å². The van der Waals surface area contributed by atoms with Crippen molar-refractivity contribution in [1.29, 1.82) is 0 Å². The van der Waals surface area contributed by atoms with Gasteiger partial charge in [0.1, 0.15) is 16.5 Å². The average molecular weight is 476 g/mol. The molecule has 0 saturated carbocycles. The zero-order valence-corrected chi connectivity index (χ0v) is 19.3. The van der Waals surface area contributed by atoms with E-state index in [1.54, 1.807) is 54.6 Å². The first-order chi connectivity index (χ1) is 16.3. The van der Waals surface area contributed by atoms with E-state index in [9.17, 15) is 19.5 Å². The lowest BCUT2D eigenvalue weighted by molar-refractivity contribution is -0.120. The molecule has 34 heavy (non-hydrogen) atoms. The summed E-state index contributed by atoms with van der Waals surface area (Å²) in [6, 6.07) is 19.9. The number of rotatable bonds is 6. The van der Waals surface area contributed by atoms with Gasteiger partial charge in [-0.15, -0.1) is 0 Å². The maximum absolute atomic E-state index is 13.0. The summed E-state index contributed by atoms with van der Waals surface area (Å²) in [5.74, 6) is -1.29. The highest BCUT2D eigenvalue weighted by Gasteiger charge is 2.39. The summed E-state index contributed by atoms with van der Waals surface area (Å²) in [7, 11) is 0. The number of carbonyl (C=O) groups is 3. The molecular formula is C26H22ClN3O4. The second kappa shape index (κ2) is 9.41. The second-order valence-electron chi connectivity index (χ2n) is 8.05. The quantitative estimate of drug-likeness (QED) is 0.336. The number of anilines is 3. The standard InChI is InChI=1S/C26H22ClN3O4/c1-15(2)16-9-13-19(14-10-16)30-25(33)22(27)23(26(30)34)28-18-11-7-17(8-12-18)24(32)29-20-5-3-4-6-21(20)31/h3-15,28,31H,1-2H3,(H,29,32). The Hall–Kier alpha value is -4.10. The third kappa shape index (κ3) is 4.51. The van der Waals surface area contributed by atoms with Gasteiger partial charge in [0.05, 0.1) is 11.4 Å². The molecule has 0 saturated heterocycles. The highest BCUT2D eigenvalue weighted by Crippen LogP contribution is 2.31. The fraction of sp³-hybridized carbons (Fsp3) is 0.115. The van der Waals surface area contributed by atoms with Crippen LogP contribution in [0.15, 0.2) is 83.5 Å². The van der Waals surface area contributed by atoms with Gasteiger partial charge in [0.2, 0.25) is 0 Å². The van der Waals surface area contributed by atoms with Gasteiger partial charge in [-0.2, -0.15) is 0 Å². The Bertz CT molecular complexity index is 1300. The molecule has 0 atom stereocenters. The maximum Gasteiger partial charge on any atom is 0.283 e. The summed E-state index contributed by atoms with van der Waals surface area (Å²) in [6.45, 7) is 4.12. The summed E-state index contributed by atoms with van der Waals surface area (Å²) in [6.07, 6.45) is 0. The van der Waals surface area contributed by atoms with Crippen molar-refractivity contribution in [3.63, 3.8) is 0 Å². The third-order valence-electron chi connectivity index (χ3n) is 5.41. The van der Waals surface area contributed by atoms with Crippen molar-refractivity contribution in [2.45, 2.75) is 19.8 Å². The molecule has 0 aliphatic carbocycles. The average Bonchev–Trinajstić information content (AvgIpc) is 3.04. The predicted octanol–water partition coefficient (Wildman–Crippen LogP) is 5.20. The van der Waals surface area contributed by atoms with Crippen LogP contribution in [0.3, 0.4) is 0 Å². The molecule has 0 spiro atoms. The molecule has 7 nitrogen and oxygen atoms in total. The Labute approximate surface area is 201 Å². The molecule has 8 heteroatoms. The van der Waals surface area contributed by atoms with Crippen LogP contribution >= 0.6 is 11.6 Å². The number of imide groups is 1. The van der Waals surface area contributed by atoms with Gasteiger partial charge < -0.3 is 15.7 Å². The lowest BCUT2D eigenvalue weighted by atomic mass is 10.0. The van der Waals surface area contributed by atoms with Gasteiger partial charge in [-0.25, -0.2) is 4.90 Å². The number of hydrogen-bond acceptors (Lipinski definition) is 5. The molecule has 0 fully saturated rings. The van der Waals surface area contributed by atoms with Crippen molar-refractivity contribution in [3.05, 3.63) is 94.7 Å². The fourth-order valence-electron chi connectivity index (χ4n) is 3.48. The van der Waals surface area contributed by atoms with Crippen molar-refractivity contribution in [1.82, 2.24) is 0 Å². The third-order valence-corrected chi connectivity index (χ3v) is 5.76. The van der Waals surface area contributed by atoms with E-state index < -0.39 is 17.7 Å². The van der Waals surface area contributed by atoms with Crippen LogP contribution in [0.2, 0.25) is 0 Å². The van der Waals surface area contributed by atoms with Crippen LogP contribution in [0.4, 0.5) is 17.1 Å². The van der Waals surface area contributed by atoms with Gasteiger partial charge in [0, 0.05) is 11.3 Å². The molecule has 4 rings (SSSR count). The number of amides is 3. The minimum Gasteiger partial charge on any atom is -0.506 e. The molecule has 0 unspecified atom stereocenters. The van der Waals surface area contributed by atoms with Crippen LogP contribution < -0.4 is 15.5 Å². The Balaban J connectivity index is 1.48. The van der Waals surface area contributed by atoms with E-state index in [0.29, 0.717) is 28.5 Å². The molecule has 3 aromatic carbocycles. The van der Waals surface area contributed by atoms with E-state index in [2.05, 4.69) is 24.5 Å². The number of nitrogens with one attached hydrogen (secondary N) is 2. The summed E-state index contributed by atoms with van der Waals surface area (Å²) in [4.78, 5) is 39.1. The van der Waals surface area contributed by atoms with E-state index in [1.807, 2.05) is 12.1 Å². The van der Waals surface area contributed by atoms with Crippen molar-refractivity contribution < 1.29 is 19.5 Å². The predicted molar refractivity (Wildman–Crippen MR) is 132 cm³/mol. The van der Waals surface area contributed by atoms with E-state index in [-0.39, 0.29) is 16.5 Å². The molecule has 0 radical (unpaired) electrons. The van der Waals surface area contributed by atoms with Crippen LogP contribution in [-0.2, 0) is 9.59 Å². The molecule has 3 N–H and O–H groups in total. The molecule has 0 bridgehead atoms. The number of carbonyl (C=O) groups excluding carboxylic acids is 3. The molecule has 0 aromatic heterocycles. The summed E-state index contributed by atoms with van der Waals surface area (Å²) >= 11 is 6.20. The monoisotopic (exact) mass is 475 g/mol. The van der Waals surface area contributed by atoms with Crippen LogP contribution in [0.25, 0.3) is 0 Å². The number of phenols is 1. The lowest BCUT2D eigenvalue weighted by Crippen LogP contribution is -2.32. The second-order valence-corrected chi connectivity index (χ2v) is 8.43. The van der Waals surface area contributed by atoms with Crippen molar-refractivity contribution in [3.8, 4) is 5.75 Å². The Morgan fingerprint density at radius 2 is 1.56 bits per heavy atom. The Morgan fingerprint density at radius 3 is 2.18 bits per heavy atom. The zero-order chi connectivity index (χ0) is 24.4. The van der Waals surface area contributed by atoms with Gasteiger partial charge in [-0.1, -0.05) is 49.7 Å². The molecule has 3 amide bonds. The number of aromatic hydroxyl groups is 1. The van der Waals surface area contributed by atoms with Crippen molar-refractivity contribution in [2.75, 3.05) is 15.5 Å². The van der Waals surface area contributed by atoms with Gasteiger partial charge in [-0.05, 0) is 60.0 Å². The molecule has 1 aliphatic rings. The molecule has 1 heterocycles. The summed E-state index contributed by atoms with van der Waals surface area (Å²) < 4.78 is 0. The number of para-hydroxylation sites is 2. The first-order valence-electron chi connectivity index (χ1n) is 10.6. The molecule has 3 aromatic rings. The molecule has 172 valence electrons. The molecular weight excluding hydrogens is 454 g/mol. The fourth-order valence-corrected chi connectivity index (χ4v) is 3.69. The van der Waals surface area contributed by atoms with Crippen LogP contribution in [0.5, 0.6) is 5.75 Å². The van der Waals surface area contributed by atoms with Crippen LogP contribution in [0, 0.1) is 0 Å². The maximum atomic E-state index is 13.0. The number of phenolic OH excluding ortho intramolecular Hbond substituents is 1. The Kier molecular flexibility index (Phi) is 6.38. The number of hydrogen-bond donors (Lipinski definition) is 3. The minimum absolute atomic E-state index is 0.0361. The first kappa shape index (κ1) is 23.1. The number of benzene rings is 3. The summed E-state index contributed by atoms with van der Waals surface area (Å²) in [5.41, 5.74) is 2.60. The van der Waals surface area contributed by atoms with Gasteiger partial charge in [0.25, 0.3) is 17.7 Å².